The van der Waals surface area contributed by atoms with Crippen molar-refractivity contribution in [1.82, 2.24) is 5.48 Å². The number of nitrogens with one attached hydrogen (secondary N) is 2. The Morgan fingerprint density at radius 2 is 1.93 bits per heavy atom. The quantitative estimate of drug-likeness (QED) is 0.286. The number of anilines is 2. The predicted molar refractivity (Wildman–Crippen MR) is 106 cm³/mol. The van der Waals surface area contributed by atoms with Gasteiger partial charge in [0.25, 0.3) is 5.91 Å². The molecule has 1 saturated carbocycles. The number of hydroxylamine groups is 1. The summed E-state index contributed by atoms with van der Waals surface area (Å²) in [6.07, 6.45) is 1.15. The SMILES string of the molecule is O=C(NOC1(CO)CC1)c1cc(Cl)c(F)c(F)c1Nc1ccc(I)cc1Cl. The first kappa shape index (κ1) is 20.5. The van der Waals surface area contributed by atoms with Gasteiger partial charge in [0, 0.05) is 3.57 Å². The third-order valence-corrected chi connectivity index (χ3v) is 5.31. The second-order valence-electron chi connectivity index (χ2n) is 6.03. The van der Waals surface area contributed by atoms with Gasteiger partial charge in [-0.3, -0.25) is 9.63 Å². The number of amides is 1. The number of aliphatic hydroxyl groups is 1. The van der Waals surface area contributed by atoms with E-state index in [1.807, 2.05) is 22.6 Å². The van der Waals surface area contributed by atoms with Crippen LogP contribution in [0.2, 0.25) is 10.0 Å². The number of benzene rings is 2. The minimum Gasteiger partial charge on any atom is -0.393 e. The highest BCUT2D eigenvalue weighted by molar-refractivity contribution is 14.1. The first-order chi connectivity index (χ1) is 12.8. The number of aliphatic hydroxyl groups excluding tert-OH is 1. The summed E-state index contributed by atoms with van der Waals surface area (Å²) in [5.74, 6) is -3.47. The van der Waals surface area contributed by atoms with Crippen LogP contribution in [0.5, 0.6) is 0 Å². The number of hydrogen-bond donors (Lipinski definition) is 3. The monoisotopic (exact) mass is 528 g/mol. The van der Waals surface area contributed by atoms with Crippen LogP contribution in [-0.4, -0.2) is 23.2 Å². The number of hydrogen-bond acceptors (Lipinski definition) is 4. The van der Waals surface area contributed by atoms with Crippen molar-refractivity contribution in [2.75, 3.05) is 11.9 Å². The second kappa shape index (κ2) is 8.04. The maximum atomic E-state index is 14.5. The lowest BCUT2D eigenvalue weighted by atomic mass is 10.1. The summed E-state index contributed by atoms with van der Waals surface area (Å²) in [7, 11) is 0. The van der Waals surface area contributed by atoms with Crippen LogP contribution in [0.1, 0.15) is 23.2 Å². The highest BCUT2D eigenvalue weighted by atomic mass is 127. The Kier molecular flexibility index (Phi) is 6.11. The molecular formula is C17H13Cl2F2IN2O3. The minimum atomic E-state index is -1.33. The van der Waals surface area contributed by atoms with Gasteiger partial charge in [-0.05, 0) is 59.7 Å². The molecule has 1 aliphatic rings. The largest absolute Gasteiger partial charge is 0.393 e. The molecular weight excluding hydrogens is 516 g/mol. The first-order valence-corrected chi connectivity index (χ1v) is 9.58. The zero-order valence-electron chi connectivity index (χ0n) is 13.6. The van der Waals surface area contributed by atoms with Crippen molar-refractivity contribution in [3.05, 3.63) is 55.1 Å². The van der Waals surface area contributed by atoms with E-state index < -0.39 is 33.9 Å². The average Bonchev–Trinajstić information content (AvgIpc) is 3.42. The molecule has 0 radical (unpaired) electrons. The van der Waals surface area contributed by atoms with Gasteiger partial charge in [0.05, 0.1) is 33.6 Å². The van der Waals surface area contributed by atoms with Crippen LogP contribution in [0.3, 0.4) is 0 Å². The van der Waals surface area contributed by atoms with E-state index in [9.17, 15) is 18.7 Å². The summed E-state index contributed by atoms with van der Waals surface area (Å²) in [6, 6.07) is 5.88. The van der Waals surface area contributed by atoms with Crippen molar-refractivity contribution in [3.63, 3.8) is 0 Å². The molecule has 3 N–H and O–H groups in total. The molecule has 0 bridgehead atoms. The molecule has 3 rings (SSSR count). The fourth-order valence-electron chi connectivity index (χ4n) is 2.26. The molecule has 1 amide bonds. The lowest BCUT2D eigenvalue weighted by Gasteiger charge is -2.17. The molecule has 0 saturated heterocycles. The van der Waals surface area contributed by atoms with Gasteiger partial charge in [-0.15, -0.1) is 0 Å². The van der Waals surface area contributed by atoms with Gasteiger partial charge in [-0.25, -0.2) is 14.3 Å². The van der Waals surface area contributed by atoms with Gasteiger partial charge in [0.1, 0.15) is 5.60 Å². The van der Waals surface area contributed by atoms with Crippen LogP contribution >= 0.6 is 45.8 Å². The Morgan fingerprint density at radius 1 is 1.22 bits per heavy atom. The lowest BCUT2D eigenvalue weighted by Crippen LogP contribution is -2.33. The van der Waals surface area contributed by atoms with Crippen molar-refractivity contribution in [3.8, 4) is 0 Å². The molecule has 27 heavy (non-hydrogen) atoms. The Labute approximate surface area is 177 Å². The predicted octanol–water partition coefficient (Wildman–Crippen LogP) is 4.81. The molecule has 5 nitrogen and oxygen atoms in total. The van der Waals surface area contributed by atoms with E-state index in [0.29, 0.717) is 12.8 Å². The molecule has 1 fully saturated rings. The summed E-state index contributed by atoms with van der Waals surface area (Å²) < 4.78 is 29.3. The number of carbonyl (C=O) groups is 1. The van der Waals surface area contributed by atoms with Crippen molar-refractivity contribution >= 4 is 63.1 Å². The lowest BCUT2D eigenvalue weighted by molar-refractivity contribution is -0.0566. The molecule has 0 heterocycles. The maximum absolute atomic E-state index is 14.5. The number of carbonyl (C=O) groups excluding carboxylic acids is 1. The second-order valence-corrected chi connectivity index (χ2v) is 8.09. The van der Waals surface area contributed by atoms with Crippen LogP contribution in [0.4, 0.5) is 20.2 Å². The molecule has 2 aromatic rings. The molecule has 0 unspecified atom stereocenters. The molecule has 1 aliphatic carbocycles. The molecule has 144 valence electrons. The molecule has 10 heteroatoms. The third-order valence-electron chi connectivity index (χ3n) is 4.05. The highest BCUT2D eigenvalue weighted by Gasteiger charge is 2.45. The fraction of sp³-hybridized carbons (Fsp3) is 0.235. The third kappa shape index (κ3) is 4.45. The van der Waals surface area contributed by atoms with Gasteiger partial charge < -0.3 is 10.4 Å². The van der Waals surface area contributed by atoms with Gasteiger partial charge in [0.15, 0.2) is 11.6 Å². The van der Waals surface area contributed by atoms with Crippen molar-refractivity contribution in [2.45, 2.75) is 18.4 Å². The van der Waals surface area contributed by atoms with E-state index in [2.05, 4.69) is 10.8 Å². The number of halogens is 5. The summed E-state index contributed by atoms with van der Waals surface area (Å²) >= 11 is 13.9. The molecule has 2 aromatic carbocycles. The molecule has 0 atom stereocenters. The maximum Gasteiger partial charge on any atom is 0.277 e. The van der Waals surface area contributed by atoms with Crippen LogP contribution in [0, 0.1) is 15.2 Å². The summed E-state index contributed by atoms with van der Waals surface area (Å²) in [4.78, 5) is 17.7. The summed E-state index contributed by atoms with van der Waals surface area (Å²) in [5.41, 5.74) is 0.896. The van der Waals surface area contributed by atoms with Crippen LogP contribution in [-0.2, 0) is 4.84 Å². The standard InChI is InChI=1S/C17H13Cl2F2IN2O3/c18-10-5-8(22)1-2-12(10)23-15-9(6-11(19)13(20)14(15)21)16(26)24-27-17(7-25)3-4-17/h1-2,5-6,23,25H,3-4,7H2,(H,24,26). The molecule has 0 aromatic heterocycles. The van der Waals surface area contributed by atoms with Crippen LogP contribution in [0.15, 0.2) is 24.3 Å². The Balaban J connectivity index is 1.93. The van der Waals surface area contributed by atoms with E-state index in [1.54, 1.807) is 18.2 Å². The Hall–Kier alpha value is -1.20. The smallest absolute Gasteiger partial charge is 0.277 e. The van der Waals surface area contributed by atoms with E-state index in [4.69, 9.17) is 28.0 Å². The van der Waals surface area contributed by atoms with Crippen LogP contribution in [0.25, 0.3) is 0 Å². The number of rotatable bonds is 6. The first-order valence-electron chi connectivity index (χ1n) is 7.75. The van der Waals surface area contributed by atoms with E-state index in [0.717, 1.165) is 9.64 Å². The van der Waals surface area contributed by atoms with E-state index in [-0.39, 0.29) is 22.9 Å². The highest BCUT2D eigenvalue weighted by Crippen LogP contribution is 2.38. The Morgan fingerprint density at radius 3 is 2.52 bits per heavy atom. The molecule has 0 spiro atoms. The van der Waals surface area contributed by atoms with Gasteiger partial charge in [-0.2, -0.15) is 0 Å². The summed E-state index contributed by atoms with van der Waals surface area (Å²) in [6.45, 7) is -0.269. The zero-order chi connectivity index (χ0) is 19.8. The zero-order valence-corrected chi connectivity index (χ0v) is 17.3. The van der Waals surface area contributed by atoms with Gasteiger partial charge >= 0.3 is 0 Å². The van der Waals surface area contributed by atoms with Gasteiger partial charge in [0.2, 0.25) is 0 Å². The van der Waals surface area contributed by atoms with E-state index in [1.165, 1.54) is 0 Å². The topological polar surface area (TPSA) is 70.6 Å². The van der Waals surface area contributed by atoms with Crippen LogP contribution < -0.4 is 10.8 Å². The fourth-order valence-corrected chi connectivity index (χ4v) is 3.36. The van der Waals surface area contributed by atoms with Crippen molar-refractivity contribution in [2.24, 2.45) is 0 Å². The van der Waals surface area contributed by atoms with Crippen molar-refractivity contribution < 1.29 is 23.5 Å². The summed E-state index contributed by atoms with van der Waals surface area (Å²) in [5, 5.41) is 11.6. The Bertz CT molecular complexity index is 910. The normalized spacial score (nSPS) is 14.7. The van der Waals surface area contributed by atoms with Crippen molar-refractivity contribution in [1.29, 1.82) is 0 Å². The molecule has 0 aliphatic heterocycles. The van der Waals surface area contributed by atoms with Gasteiger partial charge in [-0.1, -0.05) is 23.2 Å². The average molecular weight is 529 g/mol. The minimum absolute atomic E-state index is 0.261. The van der Waals surface area contributed by atoms with E-state index >= 15 is 0 Å².